The molecule has 18 heavy (non-hydrogen) atoms. The van der Waals surface area contributed by atoms with Crippen LogP contribution in [-0.2, 0) is 6.54 Å². The molecule has 2 unspecified atom stereocenters. The van der Waals surface area contributed by atoms with E-state index < -0.39 is 6.10 Å². The van der Waals surface area contributed by atoms with Gasteiger partial charge < -0.3 is 15.3 Å². The molecule has 1 saturated heterocycles. The number of nitrogens with one attached hydrogen (secondary N) is 1. The van der Waals surface area contributed by atoms with Crippen molar-refractivity contribution < 1.29 is 5.11 Å². The third-order valence-electron chi connectivity index (χ3n) is 3.35. The Hall–Kier alpha value is -0.430. The van der Waals surface area contributed by atoms with Gasteiger partial charge >= 0.3 is 0 Å². The molecule has 2 N–H and O–H groups in total. The Labute approximate surface area is 116 Å². The van der Waals surface area contributed by atoms with E-state index in [4.69, 9.17) is 0 Å². The molecule has 1 fully saturated rings. The topological polar surface area (TPSA) is 53.3 Å². The minimum atomic E-state index is -0.494. The van der Waals surface area contributed by atoms with Crippen molar-refractivity contribution in [1.29, 1.82) is 0 Å². The Bertz CT molecular complexity index is 387. The van der Waals surface area contributed by atoms with Crippen molar-refractivity contribution in [3.8, 4) is 0 Å². The zero-order chi connectivity index (χ0) is 13.1. The minimum Gasteiger partial charge on any atom is -0.385 e. The lowest BCUT2D eigenvalue weighted by Gasteiger charge is -2.21. The summed E-state index contributed by atoms with van der Waals surface area (Å²) >= 11 is 3.49. The molecule has 5 nitrogen and oxygen atoms in total. The van der Waals surface area contributed by atoms with Gasteiger partial charge in [-0.3, -0.25) is 4.68 Å². The normalized spacial score (nSPS) is 21.7. The maximum Gasteiger partial charge on any atom is 0.112 e. The number of halogens is 1. The number of rotatable bonds is 5. The second-order valence-electron chi connectivity index (χ2n) is 5.05. The fourth-order valence-corrected chi connectivity index (χ4v) is 2.84. The monoisotopic (exact) mass is 316 g/mol. The van der Waals surface area contributed by atoms with Crippen LogP contribution in [0.4, 0.5) is 0 Å². The molecule has 0 bridgehead atoms. The van der Waals surface area contributed by atoms with Gasteiger partial charge in [-0.25, -0.2) is 0 Å². The van der Waals surface area contributed by atoms with Gasteiger partial charge in [0, 0.05) is 12.6 Å². The fraction of sp³-hybridized carbons (Fsp3) is 0.750. The Kier molecular flexibility index (Phi) is 4.77. The second kappa shape index (κ2) is 6.14. The standard InChI is InChI=1S/C12H21BrN4O/c1-16(2)6-7-17-11(9(13)8-15-17)12(18)10-4-3-5-14-10/h8,10,12,14,18H,3-7H2,1-2H3. The summed E-state index contributed by atoms with van der Waals surface area (Å²) in [6, 6.07) is 0.149. The van der Waals surface area contributed by atoms with Gasteiger partial charge in [-0.05, 0) is 49.4 Å². The van der Waals surface area contributed by atoms with Gasteiger partial charge in [0.2, 0.25) is 0 Å². The zero-order valence-electron chi connectivity index (χ0n) is 10.9. The van der Waals surface area contributed by atoms with E-state index >= 15 is 0 Å². The molecule has 1 aliphatic rings. The van der Waals surface area contributed by atoms with Crippen molar-refractivity contribution in [2.75, 3.05) is 27.2 Å². The molecule has 0 amide bonds. The molecule has 6 heteroatoms. The van der Waals surface area contributed by atoms with E-state index in [1.165, 1.54) is 0 Å². The first kappa shape index (κ1) is 14.0. The van der Waals surface area contributed by atoms with Crippen molar-refractivity contribution in [1.82, 2.24) is 20.0 Å². The van der Waals surface area contributed by atoms with E-state index in [1.807, 2.05) is 18.8 Å². The Morgan fingerprint density at radius 1 is 1.67 bits per heavy atom. The smallest absolute Gasteiger partial charge is 0.112 e. The minimum absolute atomic E-state index is 0.149. The number of aliphatic hydroxyl groups is 1. The van der Waals surface area contributed by atoms with Crippen LogP contribution in [0.2, 0.25) is 0 Å². The predicted octanol–water partition coefficient (Wildman–Crippen LogP) is 0.993. The number of hydrogen-bond donors (Lipinski definition) is 2. The summed E-state index contributed by atoms with van der Waals surface area (Å²) in [4.78, 5) is 2.11. The molecular formula is C12H21BrN4O. The molecule has 2 heterocycles. The quantitative estimate of drug-likeness (QED) is 0.850. The first-order valence-electron chi connectivity index (χ1n) is 6.37. The summed E-state index contributed by atoms with van der Waals surface area (Å²) in [6.45, 7) is 2.69. The van der Waals surface area contributed by atoms with E-state index in [-0.39, 0.29) is 6.04 Å². The van der Waals surface area contributed by atoms with Crippen LogP contribution in [-0.4, -0.2) is 53.0 Å². The molecule has 0 aromatic carbocycles. The first-order valence-corrected chi connectivity index (χ1v) is 7.16. The lowest BCUT2D eigenvalue weighted by molar-refractivity contribution is 0.126. The number of hydrogen-bond acceptors (Lipinski definition) is 4. The molecular weight excluding hydrogens is 296 g/mol. The second-order valence-corrected chi connectivity index (χ2v) is 5.91. The molecule has 0 saturated carbocycles. The molecule has 0 spiro atoms. The van der Waals surface area contributed by atoms with Crippen molar-refractivity contribution in [3.63, 3.8) is 0 Å². The van der Waals surface area contributed by atoms with Crippen LogP contribution in [0.5, 0.6) is 0 Å². The van der Waals surface area contributed by atoms with Crippen LogP contribution in [0.15, 0.2) is 10.7 Å². The van der Waals surface area contributed by atoms with Crippen LogP contribution < -0.4 is 5.32 Å². The highest BCUT2D eigenvalue weighted by Gasteiger charge is 2.28. The molecule has 102 valence electrons. The SMILES string of the molecule is CN(C)CCn1ncc(Br)c1C(O)C1CCCN1. The average molecular weight is 317 g/mol. The van der Waals surface area contributed by atoms with E-state index in [1.54, 1.807) is 6.20 Å². The lowest BCUT2D eigenvalue weighted by Crippen LogP contribution is -2.31. The highest BCUT2D eigenvalue weighted by molar-refractivity contribution is 9.10. The predicted molar refractivity (Wildman–Crippen MR) is 74.5 cm³/mol. The highest BCUT2D eigenvalue weighted by atomic mass is 79.9. The van der Waals surface area contributed by atoms with Crippen LogP contribution >= 0.6 is 15.9 Å². The number of likely N-dealkylation sites (N-methyl/N-ethyl adjacent to an activating group) is 1. The molecule has 1 aromatic heterocycles. The molecule has 1 aliphatic heterocycles. The van der Waals surface area contributed by atoms with Gasteiger partial charge in [-0.1, -0.05) is 0 Å². The highest BCUT2D eigenvalue weighted by Crippen LogP contribution is 2.28. The van der Waals surface area contributed by atoms with Gasteiger partial charge in [0.05, 0.1) is 22.9 Å². The van der Waals surface area contributed by atoms with Crippen molar-refractivity contribution in [2.24, 2.45) is 0 Å². The maximum absolute atomic E-state index is 10.5. The third kappa shape index (κ3) is 3.12. The number of nitrogens with zero attached hydrogens (tertiary/aromatic N) is 3. The Morgan fingerprint density at radius 2 is 2.44 bits per heavy atom. The Morgan fingerprint density at radius 3 is 3.06 bits per heavy atom. The molecule has 2 rings (SSSR count). The van der Waals surface area contributed by atoms with Crippen LogP contribution in [0.3, 0.4) is 0 Å². The van der Waals surface area contributed by atoms with E-state index in [0.717, 1.165) is 42.6 Å². The average Bonchev–Trinajstić information content (AvgIpc) is 2.94. The summed E-state index contributed by atoms with van der Waals surface area (Å²) in [5, 5.41) is 18.1. The summed E-state index contributed by atoms with van der Waals surface area (Å²) in [7, 11) is 4.07. The summed E-state index contributed by atoms with van der Waals surface area (Å²) < 4.78 is 2.79. The van der Waals surface area contributed by atoms with E-state index in [2.05, 4.69) is 31.2 Å². The number of aromatic nitrogens is 2. The van der Waals surface area contributed by atoms with E-state index in [0.29, 0.717) is 0 Å². The largest absolute Gasteiger partial charge is 0.385 e. The van der Waals surface area contributed by atoms with Gasteiger partial charge in [0.15, 0.2) is 0 Å². The van der Waals surface area contributed by atoms with Gasteiger partial charge in [0.25, 0.3) is 0 Å². The van der Waals surface area contributed by atoms with E-state index in [9.17, 15) is 5.11 Å². The maximum atomic E-state index is 10.5. The van der Waals surface area contributed by atoms with Gasteiger partial charge in [0.1, 0.15) is 6.10 Å². The summed E-state index contributed by atoms with van der Waals surface area (Å²) in [5.41, 5.74) is 0.885. The van der Waals surface area contributed by atoms with Crippen molar-refractivity contribution in [3.05, 3.63) is 16.4 Å². The van der Waals surface area contributed by atoms with Crippen LogP contribution in [0.25, 0.3) is 0 Å². The fourth-order valence-electron chi connectivity index (χ4n) is 2.31. The summed E-state index contributed by atoms with van der Waals surface area (Å²) in [6.07, 6.45) is 3.42. The number of aliphatic hydroxyl groups excluding tert-OH is 1. The van der Waals surface area contributed by atoms with Crippen molar-refractivity contribution in [2.45, 2.75) is 31.5 Å². The lowest BCUT2D eigenvalue weighted by atomic mass is 10.1. The third-order valence-corrected chi connectivity index (χ3v) is 3.96. The van der Waals surface area contributed by atoms with Gasteiger partial charge in [-0.15, -0.1) is 0 Å². The van der Waals surface area contributed by atoms with Crippen LogP contribution in [0, 0.1) is 0 Å². The summed E-state index contributed by atoms with van der Waals surface area (Å²) in [5.74, 6) is 0. The molecule has 2 atom stereocenters. The van der Waals surface area contributed by atoms with Crippen molar-refractivity contribution >= 4 is 15.9 Å². The zero-order valence-corrected chi connectivity index (χ0v) is 12.5. The molecule has 0 radical (unpaired) electrons. The molecule has 0 aliphatic carbocycles. The van der Waals surface area contributed by atoms with Gasteiger partial charge in [-0.2, -0.15) is 5.10 Å². The first-order chi connectivity index (χ1) is 8.59. The Balaban J connectivity index is 2.12. The van der Waals surface area contributed by atoms with Crippen LogP contribution in [0.1, 0.15) is 24.6 Å². The molecule has 1 aromatic rings.